The van der Waals surface area contributed by atoms with E-state index in [1.807, 2.05) is 35.2 Å². The quantitative estimate of drug-likeness (QED) is 0.675. The van der Waals surface area contributed by atoms with Crippen molar-refractivity contribution in [1.82, 2.24) is 19.9 Å². The van der Waals surface area contributed by atoms with Gasteiger partial charge in [0.15, 0.2) is 21.1 Å². The van der Waals surface area contributed by atoms with Crippen molar-refractivity contribution in [3.05, 3.63) is 52.1 Å². The molecule has 0 aliphatic carbocycles. The van der Waals surface area contributed by atoms with Crippen LogP contribution in [0.3, 0.4) is 0 Å². The van der Waals surface area contributed by atoms with Crippen molar-refractivity contribution in [3.8, 4) is 0 Å². The molecule has 158 valence electrons. The molecule has 30 heavy (non-hydrogen) atoms. The molecule has 1 amide bonds. The number of rotatable bonds is 5. The Kier molecular flexibility index (Phi) is 5.31. The van der Waals surface area contributed by atoms with E-state index in [0.29, 0.717) is 29.5 Å². The predicted octanol–water partition coefficient (Wildman–Crippen LogP) is 2.88. The van der Waals surface area contributed by atoms with Crippen LogP contribution in [0.2, 0.25) is 0 Å². The van der Waals surface area contributed by atoms with Crippen molar-refractivity contribution in [2.45, 2.75) is 44.9 Å². The van der Waals surface area contributed by atoms with Gasteiger partial charge < -0.3 is 10.2 Å². The van der Waals surface area contributed by atoms with Crippen molar-refractivity contribution in [2.75, 3.05) is 11.4 Å². The number of nitrogens with zero attached hydrogens (tertiary/aromatic N) is 4. The first-order chi connectivity index (χ1) is 14.3. The number of fused-ring (bicyclic) bond motifs is 1. The largest absolute Gasteiger partial charge is 0.350 e. The molecule has 3 heterocycles. The summed E-state index contributed by atoms with van der Waals surface area (Å²) in [6.07, 6.45) is 1.57. The van der Waals surface area contributed by atoms with Crippen LogP contribution in [0.25, 0.3) is 10.3 Å². The summed E-state index contributed by atoms with van der Waals surface area (Å²) >= 11 is 1.23. The fourth-order valence-electron chi connectivity index (χ4n) is 3.77. The van der Waals surface area contributed by atoms with Crippen LogP contribution < -0.4 is 15.8 Å². The molecule has 1 atom stereocenters. The molecule has 1 N–H and O–H groups in total. The fourth-order valence-corrected chi connectivity index (χ4v) is 4.78. The fraction of sp³-hybridized carbons (Fsp3) is 0.429. The SMILES string of the molecule is Cn1c(C(C)(C)F)nc2sc(N3CCC[C@@H]3C(=O)NCc3ccccc3)nc2c1=O. The normalized spacial score (nSPS) is 16.9. The number of benzene rings is 1. The van der Waals surface area contributed by atoms with Crippen molar-refractivity contribution < 1.29 is 9.18 Å². The highest BCUT2D eigenvalue weighted by molar-refractivity contribution is 7.21. The zero-order valence-electron chi connectivity index (χ0n) is 17.2. The summed E-state index contributed by atoms with van der Waals surface area (Å²) in [5.41, 5.74) is -0.891. The van der Waals surface area contributed by atoms with E-state index in [4.69, 9.17) is 0 Å². The summed E-state index contributed by atoms with van der Waals surface area (Å²) in [4.78, 5) is 36.7. The van der Waals surface area contributed by atoms with Crippen LogP contribution in [-0.4, -0.2) is 33.0 Å². The lowest BCUT2D eigenvalue weighted by molar-refractivity contribution is -0.122. The second-order valence-corrected chi connectivity index (χ2v) is 8.93. The van der Waals surface area contributed by atoms with E-state index < -0.39 is 5.67 Å². The van der Waals surface area contributed by atoms with E-state index in [1.165, 1.54) is 36.8 Å². The highest BCUT2D eigenvalue weighted by atomic mass is 32.1. The molecule has 0 unspecified atom stereocenters. The molecule has 0 saturated carbocycles. The second kappa shape index (κ2) is 7.79. The van der Waals surface area contributed by atoms with Gasteiger partial charge in [0, 0.05) is 20.1 Å². The Labute approximate surface area is 177 Å². The third-order valence-electron chi connectivity index (χ3n) is 5.27. The lowest BCUT2D eigenvalue weighted by atomic mass is 10.1. The van der Waals surface area contributed by atoms with Crippen LogP contribution in [-0.2, 0) is 24.1 Å². The maximum absolute atomic E-state index is 14.5. The summed E-state index contributed by atoms with van der Waals surface area (Å²) < 4.78 is 15.7. The minimum atomic E-state index is -1.75. The highest BCUT2D eigenvalue weighted by Gasteiger charge is 2.34. The van der Waals surface area contributed by atoms with E-state index in [1.54, 1.807) is 0 Å². The van der Waals surface area contributed by atoms with Gasteiger partial charge in [-0.25, -0.2) is 14.4 Å². The van der Waals surface area contributed by atoms with Gasteiger partial charge in [-0.3, -0.25) is 14.2 Å². The van der Waals surface area contributed by atoms with Crippen molar-refractivity contribution in [3.63, 3.8) is 0 Å². The molecule has 0 radical (unpaired) electrons. The van der Waals surface area contributed by atoms with Crippen LogP contribution in [0.4, 0.5) is 9.52 Å². The number of carbonyl (C=O) groups excluding carboxylic acids is 1. The zero-order valence-corrected chi connectivity index (χ0v) is 18.0. The lowest BCUT2D eigenvalue weighted by Crippen LogP contribution is -2.43. The molecule has 4 rings (SSSR count). The average Bonchev–Trinajstić information content (AvgIpc) is 3.35. The molecule has 1 aliphatic heterocycles. The monoisotopic (exact) mass is 429 g/mol. The summed E-state index contributed by atoms with van der Waals surface area (Å²) in [5, 5.41) is 3.56. The summed E-state index contributed by atoms with van der Waals surface area (Å²) in [7, 11) is 1.50. The Morgan fingerprint density at radius 2 is 2.03 bits per heavy atom. The summed E-state index contributed by atoms with van der Waals surface area (Å²) in [5.74, 6) is -0.00386. The van der Waals surface area contributed by atoms with Gasteiger partial charge in [-0.2, -0.15) is 0 Å². The summed E-state index contributed by atoms with van der Waals surface area (Å²) in [6.45, 7) is 3.87. The molecule has 1 aliphatic rings. The van der Waals surface area contributed by atoms with Gasteiger partial charge in [0.2, 0.25) is 5.91 Å². The van der Waals surface area contributed by atoms with Gasteiger partial charge >= 0.3 is 0 Å². The van der Waals surface area contributed by atoms with Crippen LogP contribution in [0.5, 0.6) is 0 Å². The maximum atomic E-state index is 14.5. The van der Waals surface area contributed by atoms with Crippen molar-refractivity contribution >= 4 is 32.7 Å². The van der Waals surface area contributed by atoms with Gasteiger partial charge in [0.25, 0.3) is 5.56 Å². The molecule has 0 spiro atoms. The van der Waals surface area contributed by atoms with Gasteiger partial charge in [-0.05, 0) is 32.3 Å². The van der Waals surface area contributed by atoms with E-state index in [9.17, 15) is 14.0 Å². The van der Waals surface area contributed by atoms with Gasteiger partial charge in [0.1, 0.15) is 11.9 Å². The number of anilines is 1. The van der Waals surface area contributed by atoms with E-state index >= 15 is 0 Å². The standard InChI is InChI=1S/C21H24FN5O2S/c1-21(2,22)19-25-17-15(18(29)26(19)3)24-20(30-17)27-11-7-10-14(27)16(28)23-12-13-8-5-4-6-9-13/h4-6,8-9,14H,7,10-12H2,1-3H3,(H,23,28)/t14-/m1/s1. The highest BCUT2D eigenvalue weighted by Crippen LogP contribution is 2.33. The van der Waals surface area contributed by atoms with Crippen molar-refractivity contribution in [1.29, 1.82) is 0 Å². The maximum Gasteiger partial charge on any atom is 0.280 e. The Bertz CT molecular complexity index is 1140. The topological polar surface area (TPSA) is 80.1 Å². The Hall–Kier alpha value is -2.81. The molecule has 7 nitrogen and oxygen atoms in total. The number of amides is 1. The molecule has 1 fully saturated rings. The van der Waals surface area contributed by atoms with Crippen LogP contribution >= 0.6 is 11.3 Å². The van der Waals surface area contributed by atoms with Crippen LogP contribution in [0, 0.1) is 0 Å². The number of alkyl halides is 1. The van der Waals surface area contributed by atoms with E-state index in [-0.39, 0.29) is 28.8 Å². The number of nitrogens with one attached hydrogen (secondary N) is 1. The van der Waals surface area contributed by atoms with Gasteiger partial charge in [-0.1, -0.05) is 41.7 Å². The first kappa shape index (κ1) is 20.5. The zero-order chi connectivity index (χ0) is 21.5. The first-order valence-corrected chi connectivity index (χ1v) is 10.7. The molecule has 1 aromatic carbocycles. The van der Waals surface area contributed by atoms with E-state index in [2.05, 4.69) is 15.3 Å². The molecule has 1 saturated heterocycles. The molecule has 9 heteroatoms. The lowest BCUT2D eigenvalue weighted by Gasteiger charge is -2.23. The van der Waals surface area contributed by atoms with Crippen LogP contribution in [0.1, 0.15) is 38.1 Å². The number of hydrogen-bond acceptors (Lipinski definition) is 6. The molecule has 2 aromatic heterocycles. The Balaban J connectivity index is 1.60. The van der Waals surface area contributed by atoms with E-state index in [0.717, 1.165) is 12.0 Å². The Morgan fingerprint density at radius 3 is 2.73 bits per heavy atom. The third kappa shape index (κ3) is 3.81. The minimum Gasteiger partial charge on any atom is -0.350 e. The molecular weight excluding hydrogens is 405 g/mol. The first-order valence-electron chi connectivity index (χ1n) is 9.91. The number of aromatic nitrogens is 3. The van der Waals surface area contributed by atoms with Gasteiger partial charge in [0.05, 0.1) is 0 Å². The number of hydrogen-bond donors (Lipinski definition) is 1. The van der Waals surface area contributed by atoms with Gasteiger partial charge in [-0.15, -0.1) is 0 Å². The van der Waals surface area contributed by atoms with Crippen molar-refractivity contribution in [2.24, 2.45) is 7.05 Å². The minimum absolute atomic E-state index is 0.0637. The smallest absolute Gasteiger partial charge is 0.280 e. The molecular formula is C21H24FN5O2S. The molecule has 0 bridgehead atoms. The Morgan fingerprint density at radius 1 is 1.30 bits per heavy atom. The third-order valence-corrected chi connectivity index (χ3v) is 6.26. The number of thiazole rings is 1. The average molecular weight is 430 g/mol. The molecule has 3 aromatic rings. The number of carbonyl (C=O) groups is 1. The summed E-state index contributed by atoms with van der Waals surface area (Å²) in [6, 6.07) is 9.38. The predicted molar refractivity (Wildman–Crippen MR) is 115 cm³/mol. The number of halogens is 1. The second-order valence-electron chi connectivity index (χ2n) is 7.98. The van der Waals surface area contributed by atoms with Crippen LogP contribution in [0.15, 0.2) is 35.1 Å².